The lowest BCUT2D eigenvalue weighted by molar-refractivity contribution is -0.138. The van der Waals surface area contributed by atoms with Gasteiger partial charge in [0.2, 0.25) is 0 Å². The van der Waals surface area contributed by atoms with Crippen molar-refractivity contribution in [1.29, 1.82) is 0 Å². The summed E-state index contributed by atoms with van der Waals surface area (Å²) >= 11 is 0. The largest absolute Gasteiger partial charge is 0.416 e. The van der Waals surface area contributed by atoms with E-state index >= 15 is 0 Å². The number of hydrogen-bond donors (Lipinski definition) is 4. The topological polar surface area (TPSA) is 90.1 Å². The van der Waals surface area contributed by atoms with E-state index in [9.17, 15) is 13.2 Å². The molecule has 0 aromatic heterocycles. The highest BCUT2D eigenvalue weighted by Gasteiger charge is 2.32. The Balaban J connectivity index is 0.000000283. The first kappa shape index (κ1) is 27.2. The summed E-state index contributed by atoms with van der Waals surface area (Å²) in [5.41, 5.74) is 19.1. The molecule has 4 nitrogen and oxygen atoms in total. The van der Waals surface area contributed by atoms with Crippen LogP contribution in [0.25, 0.3) is 0 Å². The molecule has 0 amide bonds. The van der Waals surface area contributed by atoms with E-state index in [0.29, 0.717) is 0 Å². The third-order valence-corrected chi connectivity index (χ3v) is 4.69. The highest BCUT2D eigenvalue weighted by molar-refractivity contribution is 5.49. The molecule has 32 heavy (non-hydrogen) atoms. The number of nitrogen functional groups attached to an aromatic ring is 1. The molecular weight excluding hydrogens is 413 g/mol. The summed E-state index contributed by atoms with van der Waals surface area (Å²) in [4.78, 5) is 0. The van der Waals surface area contributed by atoms with Crippen LogP contribution in [0.15, 0.2) is 66.7 Å². The lowest BCUT2D eigenvalue weighted by Gasteiger charge is -2.10. The Morgan fingerprint density at radius 2 is 1.41 bits per heavy atom. The molecule has 3 aromatic carbocycles. The number of nitrogens with one attached hydrogen (secondary N) is 1. The van der Waals surface area contributed by atoms with E-state index < -0.39 is 11.7 Å². The van der Waals surface area contributed by atoms with Crippen molar-refractivity contribution in [2.45, 2.75) is 39.9 Å². The van der Waals surface area contributed by atoms with Crippen molar-refractivity contribution >= 4 is 5.69 Å². The molecule has 0 unspecified atom stereocenters. The van der Waals surface area contributed by atoms with Gasteiger partial charge < -0.3 is 11.5 Å². The fourth-order valence-electron chi connectivity index (χ4n) is 2.87. The zero-order chi connectivity index (χ0) is 24.1. The van der Waals surface area contributed by atoms with Gasteiger partial charge in [-0.25, -0.2) is 0 Å². The molecule has 0 saturated heterocycles. The van der Waals surface area contributed by atoms with Gasteiger partial charge in [-0.3, -0.25) is 11.3 Å². The van der Waals surface area contributed by atoms with Gasteiger partial charge in [-0.15, -0.1) is 0 Å². The van der Waals surface area contributed by atoms with E-state index in [2.05, 4.69) is 43.5 Å². The lowest BCUT2D eigenvalue weighted by Crippen LogP contribution is -2.20. The number of halogens is 3. The van der Waals surface area contributed by atoms with Crippen LogP contribution in [0.3, 0.4) is 0 Å². The second-order valence-electron chi connectivity index (χ2n) is 7.22. The van der Waals surface area contributed by atoms with Crippen LogP contribution in [0.2, 0.25) is 0 Å². The standard InChI is InChI=1S/C15H17N.C8H8F3N.C2H8N2/c1-11-7-8-12(2)14(9-11)10-13-5-3-4-6-15(13)16;9-8(10,11)7-4-2-1-3-6(7)5-12;1-2-4-3/h3-9H,10,16H2,1-2H3;1-4H,5,12H2;4H,2-3H2,1H3. The van der Waals surface area contributed by atoms with Gasteiger partial charge in [-0.05, 0) is 54.7 Å². The molecule has 0 heterocycles. The van der Waals surface area contributed by atoms with Crippen molar-refractivity contribution in [3.63, 3.8) is 0 Å². The van der Waals surface area contributed by atoms with Crippen molar-refractivity contribution in [3.05, 3.63) is 100 Å². The summed E-state index contributed by atoms with van der Waals surface area (Å²) < 4.78 is 36.5. The van der Waals surface area contributed by atoms with Gasteiger partial charge in [-0.2, -0.15) is 13.2 Å². The smallest absolute Gasteiger partial charge is 0.398 e. The van der Waals surface area contributed by atoms with Gasteiger partial charge in [0.25, 0.3) is 0 Å². The van der Waals surface area contributed by atoms with Gasteiger partial charge in [0.05, 0.1) is 5.56 Å². The van der Waals surface area contributed by atoms with Crippen LogP contribution >= 0.6 is 0 Å². The van der Waals surface area contributed by atoms with Crippen molar-refractivity contribution < 1.29 is 13.2 Å². The van der Waals surface area contributed by atoms with E-state index in [0.717, 1.165) is 24.7 Å². The molecule has 0 bridgehead atoms. The molecule has 7 heteroatoms. The summed E-state index contributed by atoms with van der Waals surface area (Å²) in [7, 11) is 0. The molecular formula is C25H33F3N4. The monoisotopic (exact) mass is 446 g/mol. The van der Waals surface area contributed by atoms with Crippen LogP contribution in [0.4, 0.5) is 18.9 Å². The fourth-order valence-corrected chi connectivity index (χ4v) is 2.87. The maximum Gasteiger partial charge on any atom is 0.416 e. The normalized spacial score (nSPS) is 10.5. The predicted molar refractivity (Wildman–Crippen MR) is 127 cm³/mol. The molecule has 3 rings (SSSR count). The summed E-state index contributed by atoms with van der Waals surface area (Å²) in [5, 5.41) is 0. The summed E-state index contributed by atoms with van der Waals surface area (Å²) in [6.45, 7) is 6.97. The molecule has 0 saturated carbocycles. The maximum atomic E-state index is 12.2. The minimum absolute atomic E-state index is 0.0876. The molecule has 0 aliphatic rings. The first-order valence-electron chi connectivity index (χ1n) is 10.3. The Morgan fingerprint density at radius 3 is 1.91 bits per heavy atom. The zero-order valence-corrected chi connectivity index (χ0v) is 18.8. The van der Waals surface area contributed by atoms with E-state index in [4.69, 9.17) is 17.3 Å². The van der Waals surface area contributed by atoms with Crippen molar-refractivity contribution in [1.82, 2.24) is 5.43 Å². The molecule has 0 radical (unpaired) electrons. The number of benzene rings is 3. The number of anilines is 1. The number of para-hydroxylation sites is 1. The third-order valence-electron chi connectivity index (χ3n) is 4.69. The van der Waals surface area contributed by atoms with E-state index in [1.54, 1.807) is 0 Å². The summed E-state index contributed by atoms with van der Waals surface area (Å²) in [6, 6.07) is 19.9. The number of nitrogens with two attached hydrogens (primary N) is 3. The average molecular weight is 447 g/mol. The SMILES string of the molecule is CCNN.Cc1ccc(C)c(Cc2ccccc2N)c1.NCc1ccccc1C(F)(F)F. The summed E-state index contributed by atoms with van der Waals surface area (Å²) in [6.07, 6.45) is -3.38. The Hall–Kier alpha value is -2.87. The quantitative estimate of drug-likeness (QED) is 0.255. The second-order valence-corrected chi connectivity index (χ2v) is 7.22. The van der Waals surface area contributed by atoms with Crippen molar-refractivity contribution in [2.24, 2.45) is 11.6 Å². The molecule has 0 atom stereocenters. The third kappa shape index (κ3) is 9.09. The van der Waals surface area contributed by atoms with E-state index in [1.807, 2.05) is 25.1 Å². The van der Waals surface area contributed by atoms with Crippen LogP contribution in [0.5, 0.6) is 0 Å². The molecule has 174 valence electrons. The highest BCUT2D eigenvalue weighted by Crippen LogP contribution is 2.31. The van der Waals surface area contributed by atoms with Gasteiger partial charge in [0.1, 0.15) is 0 Å². The van der Waals surface area contributed by atoms with E-state index in [1.165, 1.54) is 40.5 Å². The van der Waals surface area contributed by atoms with Crippen molar-refractivity contribution in [3.8, 4) is 0 Å². The first-order chi connectivity index (χ1) is 15.1. The number of alkyl halides is 3. The molecule has 0 aliphatic carbocycles. The number of rotatable bonds is 4. The maximum absolute atomic E-state index is 12.2. The average Bonchev–Trinajstić information content (AvgIpc) is 2.78. The lowest BCUT2D eigenvalue weighted by atomic mass is 9.98. The van der Waals surface area contributed by atoms with Gasteiger partial charge in [0, 0.05) is 18.8 Å². The first-order valence-corrected chi connectivity index (χ1v) is 10.3. The number of hydrazine groups is 1. The minimum atomic E-state index is -4.30. The second kappa shape index (κ2) is 13.5. The van der Waals surface area contributed by atoms with Crippen LogP contribution in [0.1, 0.15) is 40.3 Å². The van der Waals surface area contributed by atoms with Gasteiger partial charge >= 0.3 is 6.18 Å². The Bertz CT molecular complexity index is 954. The minimum Gasteiger partial charge on any atom is -0.398 e. The zero-order valence-electron chi connectivity index (χ0n) is 18.8. The van der Waals surface area contributed by atoms with Crippen molar-refractivity contribution in [2.75, 3.05) is 12.3 Å². The fraction of sp³-hybridized carbons (Fsp3) is 0.280. The van der Waals surface area contributed by atoms with Gasteiger partial charge in [0.15, 0.2) is 0 Å². The Labute approximate surface area is 188 Å². The Kier molecular flexibility index (Phi) is 11.5. The van der Waals surface area contributed by atoms with E-state index in [-0.39, 0.29) is 12.1 Å². The number of aryl methyl sites for hydroxylation is 2. The molecule has 0 fully saturated rings. The number of hydrogen-bond acceptors (Lipinski definition) is 4. The molecule has 0 spiro atoms. The van der Waals surface area contributed by atoms with Crippen LogP contribution in [-0.2, 0) is 19.1 Å². The molecule has 7 N–H and O–H groups in total. The predicted octanol–water partition coefficient (Wildman–Crippen LogP) is 5.11. The van der Waals surface area contributed by atoms with Gasteiger partial charge in [-0.1, -0.05) is 67.1 Å². The van der Waals surface area contributed by atoms with Crippen LogP contribution in [0, 0.1) is 13.8 Å². The van der Waals surface area contributed by atoms with Crippen LogP contribution < -0.4 is 22.7 Å². The molecule has 3 aromatic rings. The summed E-state index contributed by atoms with van der Waals surface area (Å²) in [5.74, 6) is 4.78. The van der Waals surface area contributed by atoms with Crippen LogP contribution in [-0.4, -0.2) is 6.54 Å². The highest BCUT2D eigenvalue weighted by atomic mass is 19.4. The molecule has 0 aliphatic heterocycles. The Morgan fingerprint density at radius 1 is 0.844 bits per heavy atom.